The van der Waals surface area contributed by atoms with Gasteiger partial charge in [0, 0.05) is 4.88 Å². The highest BCUT2D eigenvalue weighted by molar-refractivity contribution is 9.10. The number of rotatable bonds is 5. The first kappa shape index (κ1) is 17.8. The highest BCUT2D eigenvalue weighted by atomic mass is 79.9. The maximum absolute atomic E-state index is 13.2. The molecule has 1 unspecified atom stereocenters. The van der Waals surface area contributed by atoms with E-state index in [0.717, 1.165) is 16.1 Å². The number of benzene rings is 1. The predicted molar refractivity (Wildman–Crippen MR) is 100 cm³/mol. The molecule has 7 heteroatoms. The van der Waals surface area contributed by atoms with E-state index in [1.807, 2.05) is 31.4 Å². The van der Waals surface area contributed by atoms with Gasteiger partial charge in [0.2, 0.25) is 0 Å². The quantitative estimate of drug-likeness (QED) is 0.607. The molecule has 0 saturated carbocycles. The minimum Gasteiger partial charge on any atom is -0.339 e. The second kappa shape index (κ2) is 7.49. The van der Waals surface area contributed by atoms with Crippen molar-refractivity contribution >= 4 is 33.2 Å². The Morgan fingerprint density at radius 2 is 2.00 bits per heavy atom. The van der Waals surface area contributed by atoms with Crippen molar-refractivity contribution in [2.75, 3.05) is 0 Å². The Morgan fingerprint density at radius 3 is 2.56 bits per heavy atom. The molecule has 1 atom stereocenters. The van der Waals surface area contributed by atoms with Gasteiger partial charge in [0.15, 0.2) is 5.69 Å². The number of halogens is 2. The number of hydrogen-bond donors (Lipinski definition) is 2. The summed E-state index contributed by atoms with van der Waals surface area (Å²) in [6, 6.07) is 9.65. The first-order chi connectivity index (χ1) is 12.0. The van der Waals surface area contributed by atoms with Gasteiger partial charge in [-0.3, -0.25) is 9.89 Å². The average Bonchev–Trinajstić information content (AvgIpc) is 3.23. The van der Waals surface area contributed by atoms with Gasteiger partial charge in [-0.15, -0.1) is 11.3 Å². The number of carbonyl (C=O) groups is 1. The molecule has 1 aromatic carbocycles. The molecule has 0 fully saturated rings. The normalized spacial score (nSPS) is 12.4. The maximum Gasteiger partial charge on any atom is 0.273 e. The highest BCUT2D eigenvalue weighted by Crippen LogP contribution is 2.29. The fourth-order valence-corrected chi connectivity index (χ4v) is 4.12. The number of carbonyl (C=O) groups excluding carboxylic acids is 1. The summed E-state index contributed by atoms with van der Waals surface area (Å²) < 4.78 is 13.9. The second-order valence-corrected chi connectivity index (χ2v) is 7.70. The number of hydrogen-bond acceptors (Lipinski definition) is 3. The average molecular weight is 422 g/mol. The van der Waals surface area contributed by atoms with Gasteiger partial charge in [-0.05, 0) is 51.0 Å². The van der Waals surface area contributed by atoms with Crippen molar-refractivity contribution in [2.45, 2.75) is 25.8 Å². The largest absolute Gasteiger partial charge is 0.339 e. The van der Waals surface area contributed by atoms with Crippen molar-refractivity contribution in [1.82, 2.24) is 15.5 Å². The number of nitrogens with zero attached hydrogens (tertiary/aromatic N) is 1. The van der Waals surface area contributed by atoms with Crippen LogP contribution in [0.4, 0.5) is 4.39 Å². The summed E-state index contributed by atoms with van der Waals surface area (Å²) in [7, 11) is 0. The van der Waals surface area contributed by atoms with E-state index in [1.165, 1.54) is 23.5 Å². The van der Waals surface area contributed by atoms with Gasteiger partial charge in [-0.1, -0.05) is 32.0 Å². The molecule has 1 amide bonds. The molecule has 3 rings (SSSR count). The Labute approximate surface area is 157 Å². The Morgan fingerprint density at radius 1 is 1.28 bits per heavy atom. The molecule has 25 heavy (non-hydrogen) atoms. The van der Waals surface area contributed by atoms with Gasteiger partial charge in [0.25, 0.3) is 5.91 Å². The molecule has 0 bridgehead atoms. The van der Waals surface area contributed by atoms with E-state index in [-0.39, 0.29) is 23.7 Å². The molecule has 0 aliphatic rings. The van der Waals surface area contributed by atoms with E-state index < -0.39 is 0 Å². The summed E-state index contributed by atoms with van der Waals surface area (Å²) in [5.41, 5.74) is 2.00. The van der Waals surface area contributed by atoms with Gasteiger partial charge < -0.3 is 5.32 Å². The monoisotopic (exact) mass is 421 g/mol. The number of H-pyrrole nitrogens is 1. The minimum atomic E-state index is -0.362. The van der Waals surface area contributed by atoms with Crippen LogP contribution in [0.5, 0.6) is 0 Å². The zero-order chi connectivity index (χ0) is 18.0. The fourth-order valence-electron chi connectivity index (χ4n) is 2.50. The van der Waals surface area contributed by atoms with E-state index in [0.29, 0.717) is 10.2 Å². The second-order valence-electron chi connectivity index (χ2n) is 5.93. The zero-order valence-corrected chi connectivity index (χ0v) is 16.1. The molecule has 3 aromatic rings. The Balaban J connectivity index is 1.90. The van der Waals surface area contributed by atoms with Gasteiger partial charge in [0.05, 0.1) is 16.2 Å². The van der Waals surface area contributed by atoms with E-state index in [4.69, 9.17) is 0 Å². The fraction of sp³-hybridized carbons (Fsp3) is 0.222. The first-order valence-electron chi connectivity index (χ1n) is 7.81. The molecular weight excluding hydrogens is 405 g/mol. The number of nitrogens with one attached hydrogen (secondary N) is 2. The number of thiophene rings is 1. The third-order valence-corrected chi connectivity index (χ3v) is 5.57. The number of amides is 1. The third kappa shape index (κ3) is 3.82. The van der Waals surface area contributed by atoms with Crippen molar-refractivity contribution in [3.8, 4) is 0 Å². The summed E-state index contributed by atoms with van der Waals surface area (Å²) >= 11 is 4.99. The van der Waals surface area contributed by atoms with Crippen LogP contribution in [-0.4, -0.2) is 16.1 Å². The van der Waals surface area contributed by atoms with Crippen LogP contribution >= 0.6 is 27.3 Å². The highest BCUT2D eigenvalue weighted by Gasteiger charge is 2.24. The standard InChI is InChI=1S/C18H17BrFN3OS/c1-10(2)15-14(19)17(23-22-15)18(24)21-16(13-4-3-9-25-13)11-5-7-12(20)8-6-11/h3-10,16H,1-2H3,(H,21,24)(H,22,23). The maximum atomic E-state index is 13.2. The zero-order valence-electron chi connectivity index (χ0n) is 13.7. The van der Waals surface area contributed by atoms with Crippen LogP contribution in [-0.2, 0) is 0 Å². The van der Waals surface area contributed by atoms with Crippen LogP contribution < -0.4 is 5.32 Å². The molecule has 0 aliphatic carbocycles. The summed E-state index contributed by atoms with van der Waals surface area (Å²) in [4.78, 5) is 13.7. The van der Waals surface area contributed by atoms with Gasteiger partial charge >= 0.3 is 0 Å². The van der Waals surface area contributed by atoms with Gasteiger partial charge in [0.1, 0.15) is 5.82 Å². The Bertz CT molecular complexity index is 859. The predicted octanol–water partition coefficient (Wildman–Crippen LogP) is 5.02. The molecule has 0 saturated heterocycles. The van der Waals surface area contributed by atoms with E-state index in [9.17, 15) is 9.18 Å². The van der Waals surface area contributed by atoms with Gasteiger partial charge in [-0.2, -0.15) is 5.10 Å². The van der Waals surface area contributed by atoms with Gasteiger partial charge in [-0.25, -0.2) is 4.39 Å². The minimum absolute atomic E-state index is 0.216. The first-order valence-corrected chi connectivity index (χ1v) is 9.48. The lowest BCUT2D eigenvalue weighted by atomic mass is 10.0. The molecule has 2 aromatic heterocycles. The van der Waals surface area contributed by atoms with Crippen LogP contribution in [0.15, 0.2) is 46.3 Å². The number of aromatic nitrogens is 2. The van der Waals surface area contributed by atoms with E-state index in [1.54, 1.807) is 12.1 Å². The van der Waals surface area contributed by atoms with Crippen molar-refractivity contribution in [3.05, 3.63) is 73.9 Å². The lowest BCUT2D eigenvalue weighted by molar-refractivity contribution is 0.0937. The molecule has 4 nitrogen and oxygen atoms in total. The van der Waals surface area contributed by atoms with Crippen LogP contribution in [0.2, 0.25) is 0 Å². The van der Waals surface area contributed by atoms with Crippen LogP contribution in [0.25, 0.3) is 0 Å². The van der Waals surface area contributed by atoms with E-state index in [2.05, 4.69) is 31.4 Å². The summed E-state index contributed by atoms with van der Waals surface area (Å²) in [6.07, 6.45) is 0. The van der Waals surface area contributed by atoms with Crippen molar-refractivity contribution in [1.29, 1.82) is 0 Å². The molecule has 0 aliphatic heterocycles. The summed E-state index contributed by atoms with van der Waals surface area (Å²) in [5.74, 6) is -0.386. The summed E-state index contributed by atoms with van der Waals surface area (Å²) in [5, 5.41) is 12.0. The SMILES string of the molecule is CC(C)c1[nH]nc(C(=O)NC(c2ccc(F)cc2)c2cccs2)c1Br. The molecule has 130 valence electrons. The van der Waals surface area contributed by atoms with Crippen molar-refractivity contribution in [2.24, 2.45) is 0 Å². The molecule has 0 spiro atoms. The topological polar surface area (TPSA) is 57.8 Å². The third-order valence-electron chi connectivity index (χ3n) is 3.83. The lowest BCUT2D eigenvalue weighted by Crippen LogP contribution is -2.29. The summed E-state index contributed by atoms with van der Waals surface area (Å²) in [6.45, 7) is 4.04. The Hall–Kier alpha value is -1.99. The van der Waals surface area contributed by atoms with Crippen LogP contribution in [0, 0.1) is 5.82 Å². The molecule has 2 N–H and O–H groups in total. The van der Waals surface area contributed by atoms with Crippen LogP contribution in [0.1, 0.15) is 52.4 Å². The number of aromatic amines is 1. The molecule has 2 heterocycles. The van der Waals surface area contributed by atoms with E-state index >= 15 is 0 Å². The van der Waals surface area contributed by atoms with Crippen LogP contribution in [0.3, 0.4) is 0 Å². The Kier molecular flexibility index (Phi) is 5.34. The molecular formula is C18H17BrFN3OS. The lowest BCUT2D eigenvalue weighted by Gasteiger charge is -2.17. The smallest absolute Gasteiger partial charge is 0.273 e. The van der Waals surface area contributed by atoms with Crippen molar-refractivity contribution in [3.63, 3.8) is 0 Å². The molecule has 0 radical (unpaired) electrons. The van der Waals surface area contributed by atoms with Crippen molar-refractivity contribution < 1.29 is 9.18 Å².